The van der Waals surface area contributed by atoms with Crippen molar-refractivity contribution in [2.75, 3.05) is 6.54 Å². The van der Waals surface area contributed by atoms with Gasteiger partial charge in [0.25, 0.3) is 5.91 Å². The van der Waals surface area contributed by atoms with E-state index in [1.165, 1.54) is 24.3 Å². The molecule has 0 aliphatic heterocycles. The van der Waals surface area contributed by atoms with Crippen LogP contribution >= 0.6 is 0 Å². The first kappa shape index (κ1) is 20.7. The van der Waals surface area contributed by atoms with Crippen molar-refractivity contribution < 1.29 is 13.2 Å². The third-order valence-corrected chi connectivity index (χ3v) is 5.48. The molecule has 0 aromatic heterocycles. The fourth-order valence-electron chi connectivity index (χ4n) is 2.67. The molecule has 0 radical (unpaired) electrons. The monoisotopic (exact) mass is 384 g/mol. The summed E-state index contributed by atoms with van der Waals surface area (Å²) in [5.74, 6) is 1.96. The molecule has 0 saturated carbocycles. The number of terminal acetylenes is 1. The normalized spacial score (nSPS) is 12.8. The minimum atomic E-state index is -3.68. The molecule has 27 heavy (non-hydrogen) atoms. The topological polar surface area (TPSA) is 75.3 Å². The number of amides is 1. The first-order valence-corrected chi connectivity index (χ1v) is 10.0. The van der Waals surface area contributed by atoms with Gasteiger partial charge in [-0.1, -0.05) is 57.0 Å². The summed E-state index contributed by atoms with van der Waals surface area (Å²) in [4.78, 5) is 12.8. The number of benzene rings is 2. The highest BCUT2D eigenvalue weighted by Gasteiger charge is 2.28. The molecular formula is C21H24N2O3S. The molecule has 1 atom stereocenters. The van der Waals surface area contributed by atoms with E-state index < -0.39 is 10.0 Å². The molecule has 0 aliphatic rings. The van der Waals surface area contributed by atoms with Crippen molar-refractivity contribution in [3.8, 4) is 12.3 Å². The second-order valence-electron chi connectivity index (χ2n) is 7.24. The van der Waals surface area contributed by atoms with Crippen LogP contribution in [0.1, 0.15) is 42.7 Å². The van der Waals surface area contributed by atoms with Gasteiger partial charge in [-0.2, -0.15) is 4.72 Å². The van der Waals surface area contributed by atoms with E-state index in [0.717, 1.165) is 5.56 Å². The summed E-state index contributed by atoms with van der Waals surface area (Å²) in [5.41, 5.74) is 1.20. The number of sulfonamides is 1. The molecular weight excluding hydrogens is 360 g/mol. The Labute approximate surface area is 161 Å². The van der Waals surface area contributed by atoms with Gasteiger partial charge in [0, 0.05) is 5.56 Å². The Hall–Kier alpha value is -2.62. The van der Waals surface area contributed by atoms with E-state index in [0.29, 0.717) is 5.56 Å². The average molecular weight is 385 g/mol. The van der Waals surface area contributed by atoms with E-state index >= 15 is 0 Å². The molecule has 2 N–H and O–H groups in total. The van der Waals surface area contributed by atoms with Gasteiger partial charge in [0.1, 0.15) is 0 Å². The van der Waals surface area contributed by atoms with Crippen LogP contribution in [0.5, 0.6) is 0 Å². The van der Waals surface area contributed by atoms with Gasteiger partial charge in [-0.25, -0.2) is 8.42 Å². The molecule has 0 spiro atoms. The lowest BCUT2D eigenvalue weighted by molar-refractivity contribution is 0.0901. The van der Waals surface area contributed by atoms with Crippen LogP contribution in [0.3, 0.4) is 0 Å². The smallest absolute Gasteiger partial charge is 0.251 e. The molecule has 2 aromatic rings. The lowest BCUT2D eigenvalue weighted by atomic mass is 9.82. The summed E-state index contributed by atoms with van der Waals surface area (Å²) < 4.78 is 26.4. The van der Waals surface area contributed by atoms with E-state index in [2.05, 4.69) is 36.7 Å². The highest BCUT2D eigenvalue weighted by atomic mass is 32.2. The number of carbonyl (C=O) groups excluding carboxylic acids is 1. The zero-order chi connectivity index (χ0) is 20.1. The van der Waals surface area contributed by atoms with Crippen LogP contribution in [-0.4, -0.2) is 20.9 Å². The standard InChI is InChI=1S/C21H24N2O3S/c1-5-15-22-27(25,26)18-13-11-17(12-14-18)20(24)23-19(21(2,3)4)16-9-7-6-8-10-16/h1,6-14,19,22H,15H2,2-4H3,(H,23,24). The second-order valence-corrected chi connectivity index (χ2v) is 9.00. The Kier molecular flexibility index (Phi) is 6.42. The predicted octanol–water partition coefficient (Wildman–Crippen LogP) is 3.12. The van der Waals surface area contributed by atoms with Crippen LogP contribution in [0.4, 0.5) is 0 Å². The van der Waals surface area contributed by atoms with Crippen molar-refractivity contribution in [2.45, 2.75) is 31.7 Å². The predicted molar refractivity (Wildman–Crippen MR) is 107 cm³/mol. The quantitative estimate of drug-likeness (QED) is 0.752. The molecule has 142 valence electrons. The van der Waals surface area contributed by atoms with Crippen LogP contribution in [0.15, 0.2) is 59.5 Å². The molecule has 0 heterocycles. The van der Waals surface area contributed by atoms with E-state index in [-0.39, 0.29) is 28.8 Å². The van der Waals surface area contributed by atoms with Gasteiger partial charge in [-0.05, 0) is 35.2 Å². The second kappa shape index (κ2) is 8.38. The van der Waals surface area contributed by atoms with E-state index in [1.54, 1.807) is 0 Å². The van der Waals surface area contributed by atoms with Gasteiger partial charge < -0.3 is 5.32 Å². The van der Waals surface area contributed by atoms with Crippen LogP contribution in [0.2, 0.25) is 0 Å². The van der Waals surface area contributed by atoms with Crippen molar-refractivity contribution in [1.29, 1.82) is 0 Å². The van der Waals surface area contributed by atoms with Gasteiger partial charge in [0.05, 0.1) is 17.5 Å². The first-order chi connectivity index (χ1) is 12.6. The number of carbonyl (C=O) groups is 1. The Bertz CT molecular complexity index is 922. The fourth-order valence-corrected chi connectivity index (χ4v) is 3.60. The Morgan fingerprint density at radius 3 is 2.19 bits per heavy atom. The number of nitrogens with one attached hydrogen (secondary N) is 2. The molecule has 2 aromatic carbocycles. The molecule has 1 unspecified atom stereocenters. The maximum absolute atomic E-state index is 12.7. The van der Waals surface area contributed by atoms with Gasteiger partial charge >= 0.3 is 0 Å². The summed E-state index contributed by atoms with van der Waals surface area (Å²) >= 11 is 0. The minimum absolute atomic E-state index is 0.0599. The molecule has 0 saturated heterocycles. The Balaban J connectivity index is 2.21. The summed E-state index contributed by atoms with van der Waals surface area (Å²) in [6.07, 6.45) is 5.08. The maximum atomic E-state index is 12.7. The SMILES string of the molecule is C#CCNS(=O)(=O)c1ccc(C(=O)NC(c2ccccc2)C(C)(C)C)cc1. The van der Waals surface area contributed by atoms with Gasteiger partial charge in [-0.15, -0.1) is 6.42 Å². The van der Waals surface area contributed by atoms with Gasteiger partial charge in [0.2, 0.25) is 10.0 Å². The number of rotatable bonds is 6. The van der Waals surface area contributed by atoms with Crippen molar-refractivity contribution in [3.63, 3.8) is 0 Å². The lowest BCUT2D eigenvalue weighted by Gasteiger charge is -2.32. The van der Waals surface area contributed by atoms with E-state index in [9.17, 15) is 13.2 Å². The third-order valence-electron chi connectivity index (χ3n) is 4.07. The van der Waals surface area contributed by atoms with Crippen LogP contribution in [0.25, 0.3) is 0 Å². The van der Waals surface area contributed by atoms with Gasteiger partial charge in [-0.3, -0.25) is 4.79 Å². The van der Waals surface area contributed by atoms with Crippen molar-refractivity contribution in [2.24, 2.45) is 5.41 Å². The van der Waals surface area contributed by atoms with Crippen molar-refractivity contribution >= 4 is 15.9 Å². The molecule has 0 fully saturated rings. The molecule has 2 rings (SSSR count). The summed E-state index contributed by atoms with van der Waals surface area (Å²) in [5, 5.41) is 3.05. The Morgan fingerprint density at radius 1 is 1.07 bits per heavy atom. The lowest BCUT2D eigenvalue weighted by Crippen LogP contribution is -2.36. The number of hydrogen-bond acceptors (Lipinski definition) is 3. The Morgan fingerprint density at radius 2 is 1.67 bits per heavy atom. The highest BCUT2D eigenvalue weighted by Crippen LogP contribution is 2.32. The molecule has 0 aliphatic carbocycles. The fraction of sp³-hybridized carbons (Fsp3) is 0.286. The molecule has 5 nitrogen and oxygen atoms in total. The van der Waals surface area contributed by atoms with E-state index in [1.807, 2.05) is 30.3 Å². The summed E-state index contributed by atoms with van der Waals surface area (Å²) in [6, 6.07) is 15.3. The molecule has 1 amide bonds. The van der Waals surface area contributed by atoms with Crippen LogP contribution in [0, 0.1) is 17.8 Å². The molecule has 0 bridgehead atoms. The van der Waals surface area contributed by atoms with E-state index in [4.69, 9.17) is 6.42 Å². The van der Waals surface area contributed by atoms with Crippen LogP contribution in [-0.2, 0) is 10.0 Å². The average Bonchev–Trinajstić information content (AvgIpc) is 2.64. The largest absolute Gasteiger partial charge is 0.345 e. The molecule has 6 heteroatoms. The first-order valence-electron chi connectivity index (χ1n) is 8.54. The summed E-state index contributed by atoms with van der Waals surface area (Å²) in [7, 11) is -3.68. The highest BCUT2D eigenvalue weighted by molar-refractivity contribution is 7.89. The maximum Gasteiger partial charge on any atom is 0.251 e. The van der Waals surface area contributed by atoms with Gasteiger partial charge in [0.15, 0.2) is 0 Å². The third kappa shape index (κ3) is 5.43. The van der Waals surface area contributed by atoms with Crippen molar-refractivity contribution in [1.82, 2.24) is 10.0 Å². The van der Waals surface area contributed by atoms with Crippen LogP contribution < -0.4 is 10.0 Å². The zero-order valence-corrected chi connectivity index (χ0v) is 16.5. The number of hydrogen-bond donors (Lipinski definition) is 2. The zero-order valence-electron chi connectivity index (χ0n) is 15.7. The summed E-state index contributed by atoms with van der Waals surface area (Å²) in [6.45, 7) is 6.07. The minimum Gasteiger partial charge on any atom is -0.345 e. The van der Waals surface area contributed by atoms with Crippen molar-refractivity contribution in [3.05, 3.63) is 65.7 Å².